The summed E-state index contributed by atoms with van der Waals surface area (Å²) in [6.45, 7) is 0.298. The lowest BCUT2D eigenvalue weighted by atomic mass is 9.49. The fraction of sp³-hybridized carbons (Fsp3) is 0.481. The van der Waals surface area contributed by atoms with Crippen LogP contribution in [-0.2, 0) is 20.9 Å². The normalized spacial score (nSPS) is 31.9. The molecule has 4 bridgehead atoms. The van der Waals surface area contributed by atoms with Gasteiger partial charge in [-0.25, -0.2) is 4.90 Å². The molecule has 2 aromatic rings. The zero-order valence-corrected chi connectivity index (χ0v) is 20.6. The second kappa shape index (κ2) is 8.29. The largest absolute Gasteiger partial charge is 0.325 e. The number of pyridine rings is 1. The smallest absolute Gasteiger partial charge is 0.257 e. The van der Waals surface area contributed by atoms with Crippen LogP contribution < -0.4 is 4.90 Å². The van der Waals surface area contributed by atoms with Gasteiger partial charge in [0.2, 0.25) is 11.8 Å². The molecule has 176 valence electrons. The van der Waals surface area contributed by atoms with Gasteiger partial charge in [-0.3, -0.25) is 19.4 Å². The van der Waals surface area contributed by atoms with Crippen molar-refractivity contribution in [1.29, 1.82) is 0 Å². The number of halogens is 1. The molecular weight excluding hydrogens is 494 g/mol. The molecule has 1 aromatic carbocycles. The van der Waals surface area contributed by atoms with Crippen LogP contribution in [0.4, 0.5) is 5.69 Å². The summed E-state index contributed by atoms with van der Waals surface area (Å²) in [5.74, 6) is 1.36. The Morgan fingerprint density at radius 1 is 1.03 bits per heavy atom. The lowest BCUT2D eigenvalue weighted by Gasteiger charge is -2.56. The zero-order chi connectivity index (χ0) is 23.4. The van der Waals surface area contributed by atoms with Gasteiger partial charge in [-0.1, -0.05) is 22.0 Å². The molecule has 4 aliphatic carbocycles. The maximum atomic E-state index is 14.3. The molecule has 6 nitrogen and oxygen atoms in total. The molecule has 7 rings (SSSR count). The van der Waals surface area contributed by atoms with Crippen LogP contribution in [0.5, 0.6) is 0 Å². The summed E-state index contributed by atoms with van der Waals surface area (Å²) in [7, 11) is 0. The summed E-state index contributed by atoms with van der Waals surface area (Å²) in [5.41, 5.74) is 1.04. The molecule has 1 unspecified atom stereocenters. The first-order valence-corrected chi connectivity index (χ1v) is 13.0. The van der Waals surface area contributed by atoms with Crippen molar-refractivity contribution >= 4 is 39.3 Å². The lowest BCUT2D eigenvalue weighted by molar-refractivity contribution is -0.162. The minimum atomic E-state index is -0.781. The summed E-state index contributed by atoms with van der Waals surface area (Å²) in [6, 6.07) is 10.1. The number of benzene rings is 1. The number of hydrogen-bond donors (Lipinski definition) is 0. The summed E-state index contributed by atoms with van der Waals surface area (Å²) in [5, 5.41) is 0. The van der Waals surface area contributed by atoms with E-state index in [1.165, 1.54) is 24.2 Å². The van der Waals surface area contributed by atoms with Crippen molar-refractivity contribution in [3.63, 3.8) is 0 Å². The first kappa shape index (κ1) is 22.0. The molecule has 1 atom stereocenters. The standard InChI is InChI=1S/C27H28BrN3O3/c28-21-3-5-22(6-4-21)31-24(32)11-23(25(31)33)30(16-17-2-1-7-29-15-17)26(34)27-12-18-8-19(13-27)10-20(9-18)14-27/h1-7,15,18-20,23H,8-14,16H2. The number of carbonyl (C=O) groups is 3. The lowest BCUT2D eigenvalue weighted by Crippen LogP contribution is -2.57. The van der Waals surface area contributed by atoms with Gasteiger partial charge < -0.3 is 4.90 Å². The molecule has 7 heteroatoms. The van der Waals surface area contributed by atoms with Gasteiger partial charge in [0, 0.05) is 23.4 Å². The first-order chi connectivity index (χ1) is 16.4. The highest BCUT2D eigenvalue weighted by Crippen LogP contribution is 2.60. The van der Waals surface area contributed by atoms with Crippen molar-refractivity contribution in [3.8, 4) is 0 Å². The minimum absolute atomic E-state index is 0.0211. The van der Waals surface area contributed by atoms with Crippen molar-refractivity contribution in [2.75, 3.05) is 4.90 Å². The third-order valence-electron chi connectivity index (χ3n) is 8.41. The van der Waals surface area contributed by atoms with Gasteiger partial charge in [0.25, 0.3) is 5.91 Å². The van der Waals surface area contributed by atoms with E-state index < -0.39 is 6.04 Å². The number of nitrogens with zero attached hydrogens (tertiary/aromatic N) is 3. The molecule has 0 radical (unpaired) electrons. The van der Waals surface area contributed by atoms with Crippen molar-refractivity contribution in [2.45, 2.75) is 57.5 Å². The fourth-order valence-electron chi connectivity index (χ4n) is 7.41. The van der Waals surface area contributed by atoms with Gasteiger partial charge in [0.05, 0.1) is 17.5 Å². The Hall–Kier alpha value is -2.54. The molecule has 0 spiro atoms. The van der Waals surface area contributed by atoms with E-state index in [1.54, 1.807) is 29.4 Å². The number of aromatic nitrogens is 1. The number of hydrogen-bond acceptors (Lipinski definition) is 4. The summed E-state index contributed by atoms with van der Waals surface area (Å²) in [4.78, 5) is 48.2. The van der Waals surface area contributed by atoms with Crippen LogP contribution in [0.2, 0.25) is 0 Å². The van der Waals surface area contributed by atoms with Gasteiger partial charge in [-0.2, -0.15) is 0 Å². The number of carbonyl (C=O) groups excluding carboxylic acids is 3. The Labute approximate surface area is 207 Å². The predicted octanol–water partition coefficient (Wildman–Crippen LogP) is 4.72. The van der Waals surface area contributed by atoms with Crippen LogP contribution in [-0.4, -0.2) is 33.6 Å². The van der Waals surface area contributed by atoms with Gasteiger partial charge in [-0.15, -0.1) is 0 Å². The number of amides is 3. The topological polar surface area (TPSA) is 70.6 Å². The molecule has 3 amide bonds. The monoisotopic (exact) mass is 521 g/mol. The second-order valence-electron chi connectivity index (χ2n) is 10.8. The van der Waals surface area contributed by atoms with E-state index in [-0.39, 0.29) is 29.6 Å². The first-order valence-electron chi connectivity index (χ1n) is 12.2. The van der Waals surface area contributed by atoms with Gasteiger partial charge in [0.15, 0.2) is 0 Å². The molecule has 1 saturated heterocycles. The third-order valence-corrected chi connectivity index (χ3v) is 8.94. The molecule has 34 heavy (non-hydrogen) atoms. The Morgan fingerprint density at radius 3 is 2.26 bits per heavy atom. The van der Waals surface area contributed by atoms with E-state index in [9.17, 15) is 14.4 Å². The maximum Gasteiger partial charge on any atom is 0.257 e. The Bertz CT molecular complexity index is 1100. The van der Waals surface area contributed by atoms with Crippen molar-refractivity contribution < 1.29 is 14.4 Å². The van der Waals surface area contributed by atoms with E-state index >= 15 is 0 Å². The molecule has 5 fully saturated rings. The molecular formula is C27H28BrN3O3. The van der Waals surface area contributed by atoms with Crippen LogP contribution in [0.1, 0.15) is 50.5 Å². The van der Waals surface area contributed by atoms with Crippen molar-refractivity contribution in [3.05, 3.63) is 58.8 Å². The van der Waals surface area contributed by atoms with E-state index in [0.29, 0.717) is 30.0 Å². The highest BCUT2D eigenvalue weighted by atomic mass is 79.9. The predicted molar refractivity (Wildman–Crippen MR) is 130 cm³/mol. The van der Waals surface area contributed by atoms with Crippen LogP contribution in [0, 0.1) is 23.2 Å². The highest BCUT2D eigenvalue weighted by Gasteiger charge is 2.57. The summed E-state index contributed by atoms with van der Waals surface area (Å²) in [6.07, 6.45) is 9.97. The number of rotatable bonds is 5. The minimum Gasteiger partial charge on any atom is -0.325 e. The van der Waals surface area contributed by atoms with E-state index in [1.807, 2.05) is 24.3 Å². The van der Waals surface area contributed by atoms with Crippen LogP contribution in [0.25, 0.3) is 0 Å². The van der Waals surface area contributed by atoms with Gasteiger partial charge in [-0.05, 0) is 92.2 Å². The summed E-state index contributed by atoms with van der Waals surface area (Å²) >= 11 is 3.40. The molecule has 0 N–H and O–H groups in total. The quantitative estimate of drug-likeness (QED) is 0.533. The maximum absolute atomic E-state index is 14.3. The van der Waals surface area contributed by atoms with Crippen molar-refractivity contribution in [2.24, 2.45) is 23.2 Å². The van der Waals surface area contributed by atoms with Crippen molar-refractivity contribution in [1.82, 2.24) is 9.88 Å². The number of anilines is 1. The molecule has 4 saturated carbocycles. The van der Waals surface area contributed by atoms with Crippen LogP contribution in [0.3, 0.4) is 0 Å². The fourth-order valence-corrected chi connectivity index (χ4v) is 7.67. The Morgan fingerprint density at radius 2 is 1.68 bits per heavy atom. The van der Waals surface area contributed by atoms with E-state index in [4.69, 9.17) is 0 Å². The van der Waals surface area contributed by atoms with Crippen LogP contribution in [0.15, 0.2) is 53.3 Å². The third kappa shape index (κ3) is 3.69. The van der Waals surface area contributed by atoms with E-state index in [0.717, 1.165) is 29.3 Å². The highest BCUT2D eigenvalue weighted by molar-refractivity contribution is 9.10. The number of imide groups is 1. The van der Waals surface area contributed by atoms with Gasteiger partial charge >= 0.3 is 0 Å². The van der Waals surface area contributed by atoms with Crippen LogP contribution >= 0.6 is 15.9 Å². The average Bonchev–Trinajstić information content (AvgIpc) is 3.11. The summed E-state index contributed by atoms with van der Waals surface area (Å²) < 4.78 is 0.877. The van der Waals surface area contributed by atoms with Gasteiger partial charge in [0.1, 0.15) is 6.04 Å². The molecule has 5 aliphatic rings. The molecule has 1 aromatic heterocycles. The zero-order valence-electron chi connectivity index (χ0n) is 19.0. The Kier molecular flexibility index (Phi) is 5.36. The Balaban J connectivity index is 1.34. The average molecular weight is 522 g/mol. The second-order valence-corrected chi connectivity index (χ2v) is 11.7. The van der Waals surface area contributed by atoms with E-state index in [2.05, 4.69) is 20.9 Å². The molecule has 2 heterocycles. The molecule has 1 aliphatic heterocycles. The SMILES string of the molecule is O=C1CC(N(Cc2cccnc2)C(=O)C23CC4CC(CC(C4)C2)C3)C(=O)N1c1ccc(Br)cc1.